The van der Waals surface area contributed by atoms with Crippen molar-refractivity contribution in [1.82, 2.24) is 9.36 Å². The van der Waals surface area contributed by atoms with Crippen molar-refractivity contribution in [3.63, 3.8) is 0 Å². The molecule has 1 fully saturated rings. The summed E-state index contributed by atoms with van der Waals surface area (Å²) in [6, 6.07) is 16.1. The third-order valence-electron chi connectivity index (χ3n) is 6.27. The lowest BCUT2D eigenvalue weighted by Crippen LogP contribution is -2.52. The Balaban J connectivity index is 1.77. The van der Waals surface area contributed by atoms with E-state index in [1.165, 1.54) is 9.58 Å². The highest BCUT2D eigenvalue weighted by Crippen LogP contribution is 2.55. The molecule has 0 radical (unpaired) electrons. The summed E-state index contributed by atoms with van der Waals surface area (Å²) in [7, 11) is 1.74. The minimum atomic E-state index is -1.50. The molecule has 1 aromatic heterocycles. The number of benzene rings is 2. The molecule has 3 aromatic rings. The Hall–Kier alpha value is -3.59. The summed E-state index contributed by atoms with van der Waals surface area (Å²) < 4.78 is 3.16. The average Bonchev–Trinajstić information content (AvgIpc) is 3.37. The number of fused-ring (bicyclic) bond motifs is 2. The van der Waals surface area contributed by atoms with Crippen LogP contribution < -0.4 is 15.4 Å². The van der Waals surface area contributed by atoms with E-state index in [2.05, 4.69) is 0 Å². The zero-order valence-electron chi connectivity index (χ0n) is 18.4. The van der Waals surface area contributed by atoms with Crippen molar-refractivity contribution in [1.29, 1.82) is 0 Å². The molecule has 1 saturated heterocycles. The Bertz CT molecular complexity index is 1380. The quantitative estimate of drug-likeness (QED) is 0.598. The highest BCUT2D eigenvalue weighted by atomic mass is 32.2. The van der Waals surface area contributed by atoms with Crippen molar-refractivity contribution in [2.45, 2.75) is 25.1 Å². The number of hydrogen-bond donors (Lipinski definition) is 0. The Morgan fingerprint density at radius 2 is 1.70 bits per heavy atom. The Labute approximate surface area is 194 Å². The van der Waals surface area contributed by atoms with Crippen molar-refractivity contribution in [2.75, 3.05) is 15.6 Å². The molecule has 2 aliphatic rings. The van der Waals surface area contributed by atoms with Crippen molar-refractivity contribution >= 4 is 40.9 Å². The van der Waals surface area contributed by atoms with Crippen molar-refractivity contribution in [3.8, 4) is 5.69 Å². The number of thioether (sulfide) groups is 1. The number of carbonyl (C=O) groups is 3. The summed E-state index contributed by atoms with van der Waals surface area (Å²) in [4.78, 5) is 54.6. The predicted octanol–water partition coefficient (Wildman–Crippen LogP) is 2.70. The van der Waals surface area contributed by atoms with Gasteiger partial charge in [-0.05, 0) is 25.1 Å². The third kappa shape index (κ3) is 2.72. The molecule has 3 heterocycles. The molecule has 0 N–H and O–H groups in total. The molecule has 8 nitrogen and oxygen atoms in total. The van der Waals surface area contributed by atoms with Crippen LogP contribution in [-0.2, 0) is 26.3 Å². The molecule has 168 valence electrons. The number of para-hydroxylation sites is 2. The zero-order chi connectivity index (χ0) is 23.5. The molecule has 0 bridgehead atoms. The Kier molecular flexibility index (Phi) is 4.82. The number of aromatic nitrogens is 2. The summed E-state index contributed by atoms with van der Waals surface area (Å²) in [6.07, 6.45) is 0.139. The van der Waals surface area contributed by atoms with Gasteiger partial charge in [0.15, 0.2) is 0 Å². The van der Waals surface area contributed by atoms with E-state index in [0.717, 1.165) is 16.7 Å². The van der Waals surface area contributed by atoms with Crippen LogP contribution >= 0.6 is 11.8 Å². The molecular formula is C24H22N4O4S. The fourth-order valence-corrected chi connectivity index (χ4v) is 5.98. The number of rotatable bonds is 3. The first-order chi connectivity index (χ1) is 15.8. The molecule has 1 atom stereocenters. The second-order valence-corrected chi connectivity index (χ2v) is 9.15. The third-order valence-corrected chi connectivity index (χ3v) is 7.66. The van der Waals surface area contributed by atoms with Crippen LogP contribution in [0.5, 0.6) is 0 Å². The first kappa shape index (κ1) is 21.3. The summed E-state index contributed by atoms with van der Waals surface area (Å²) in [6.45, 7) is 3.44. The van der Waals surface area contributed by atoms with E-state index < -0.39 is 16.3 Å². The van der Waals surface area contributed by atoms with E-state index >= 15 is 0 Å². The zero-order valence-corrected chi connectivity index (χ0v) is 19.3. The fraction of sp³-hybridized carbons (Fsp3) is 0.250. The monoisotopic (exact) mass is 462 g/mol. The summed E-state index contributed by atoms with van der Waals surface area (Å²) in [5.41, 5.74) is 1.94. The van der Waals surface area contributed by atoms with Gasteiger partial charge in [0, 0.05) is 19.0 Å². The lowest BCUT2D eigenvalue weighted by molar-refractivity contribution is -0.128. The first-order valence-electron chi connectivity index (χ1n) is 10.6. The normalized spacial score (nSPS) is 19.6. The maximum absolute atomic E-state index is 13.9. The molecular weight excluding hydrogens is 440 g/mol. The van der Waals surface area contributed by atoms with Crippen LogP contribution in [0.4, 0.5) is 11.4 Å². The standard InChI is InChI=1S/C24H22N4O4S/c1-4-19(29)26-18-13-9-8-12-17(18)24(23(26)32)27(20(30)14-33-24)21-15(2)25(3)28(22(21)31)16-10-6-5-7-11-16/h5-13H,4,14H2,1-3H3/t24-/m1/s1. The van der Waals surface area contributed by atoms with Crippen molar-refractivity contribution in [2.24, 2.45) is 7.05 Å². The molecule has 2 aromatic carbocycles. The molecule has 9 heteroatoms. The van der Waals surface area contributed by atoms with Crippen LogP contribution in [-0.4, -0.2) is 32.8 Å². The second-order valence-electron chi connectivity index (χ2n) is 7.98. The maximum atomic E-state index is 13.9. The summed E-state index contributed by atoms with van der Waals surface area (Å²) in [5, 5.41) is 0. The van der Waals surface area contributed by atoms with E-state index in [0.29, 0.717) is 22.6 Å². The van der Waals surface area contributed by atoms with E-state index in [4.69, 9.17) is 0 Å². The van der Waals surface area contributed by atoms with E-state index in [1.807, 2.05) is 18.2 Å². The van der Waals surface area contributed by atoms with Gasteiger partial charge in [-0.3, -0.25) is 28.8 Å². The summed E-state index contributed by atoms with van der Waals surface area (Å²) in [5.74, 6) is -1.19. The van der Waals surface area contributed by atoms with Crippen LogP contribution in [0.3, 0.4) is 0 Å². The number of carbonyl (C=O) groups excluding carboxylic acids is 3. The molecule has 0 unspecified atom stereocenters. The summed E-state index contributed by atoms with van der Waals surface area (Å²) >= 11 is 1.15. The highest BCUT2D eigenvalue weighted by molar-refractivity contribution is 8.02. The lowest BCUT2D eigenvalue weighted by atomic mass is 10.0. The SMILES string of the molecule is CCC(=O)N1C(=O)[C@]2(SCC(=O)N2c2c(C)n(C)n(-c3ccccc3)c2=O)c2ccccc21. The van der Waals surface area contributed by atoms with E-state index in [1.54, 1.807) is 62.0 Å². The van der Waals surface area contributed by atoms with Gasteiger partial charge in [0.25, 0.3) is 11.5 Å². The topological polar surface area (TPSA) is 84.6 Å². The molecule has 0 saturated carbocycles. The number of anilines is 2. The molecule has 2 aliphatic heterocycles. The van der Waals surface area contributed by atoms with Crippen LogP contribution in [0.25, 0.3) is 5.69 Å². The van der Waals surface area contributed by atoms with Gasteiger partial charge in [-0.2, -0.15) is 0 Å². The molecule has 5 rings (SSSR count). The predicted molar refractivity (Wildman–Crippen MR) is 127 cm³/mol. The molecule has 1 spiro atoms. The van der Waals surface area contributed by atoms with Gasteiger partial charge in [-0.25, -0.2) is 9.58 Å². The molecule has 0 aliphatic carbocycles. The smallest absolute Gasteiger partial charge is 0.283 e. The van der Waals surface area contributed by atoms with Gasteiger partial charge >= 0.3 is 0 Å². The van der Waals surface area contributed by atoms with Crippen LogP contribution in [0.2, 0.25) is 0 Å². The number of imide groups is 1. The Morgan fingerprint density at radius 3 is 2.39 bits per heavy atom. The van der Waals surface area contributed by atoms with Crippen LogP contribution in [0.1, 0.15) is 24.6 Å². The van der Waals surface area contributed by atoms with Gasteiger partial charge in [0.05, 0.1) is 22.8 Å². The van der Waals surface area contributed by atoms with Gasteiger partial charge < -0.3 is 0 Å². The second kappa shape index (κ2) is 7.48. The van der Waals surface area contributed by atoms with Crippen molar-refractivity contribution in [3.05, 3.63) is 76.2 Å². The van der Waals surface area contributed by atoms with Gasteiger partial charge in [-0.1, -0.05) is 43.3 Å². The highest BCUT2D eigenvalue weighted by Gasteiger charge is 2.63. The Morgan fingerprint density at radius 1 is 1.03 bits per heavy atom. The minimum Gasteiger partial charge on any atom is -0.283 e. The average molecular weight is 463 g/mol. The first-order valence-corrected chi connectivity index (χ1v) is 11.6. The van der Waals surface area contributed by atoms with Gasteiger partial charge in [0.2, 0.25) is 16.7 Å². The maximum Gasteiger partial charge on any atom is 0.295 e. The largest absolute Gasteiger partial charge is 0.295 e. The lowest BCUT2D eigenvalue weighted by Gasteiger charge is -2.32. The molecule has 3 amide bonds. The number of nitrogens with zero attached hydrogens (tertiary/aromatic N) is 4. The van der Waals surface area contributed by atoms with E-state index in [9.17, 15) is 19.2 Å². The van der Waals surface area contributed by atoms with Gasteiger partial charge in [-0.15, -0.1) is 11.8 Å². The van der Waals surface area contributed by atoms with Crippen LogP contribution in [0.15, 0.2) is 59.4 Å². The molecule has 33 heavy (non-hydrogen) atoms. The number of hydrogen-bond acceptors (Lipinski definition) is 5. The van der Waals surface area contributed by atoms with Crippen LogP contribution in [0, 0.1) is 6.92 Å². The van der Waals surface area contributed by atoms with E-state index in [-0.39, 0.29) is 29.7 Å². The van der Waals surface area contributed by atoms with Crippen molar-refractivity contribution < 1.29 is 14.4 Å². The fourth-order valence-electron chi connectivity index (χ4n) is 4.66. The number of amides is 3. The minimum absolute atomic E-state index is 0.0212. The van der Waals surface area contributed by atoms with Gasteiger partial charge in [0.1, 0.15) is 5.69 Å².